The largest absolute Gasteiger partial charge is 0.341 e. The zero-order valence-electron chi connectivity index (χ0n) is 19.4. The number of nitrogens with one attached hydrogen (secondary N) is 1. The average Bonchev–Trinajstić information content (AvgIpc) is 3.41. The van der Waals surface area contributed by atoms with E-state index in [2.05, 4.69) is 20.4 Å². The van der Waals surface area contributed by atoms with Crippen molar-refractivity contribution in [3.8, 4) is 11.3 Å². The minimum atomic E-state index is -0.349. The SMILES string of the molecule is Cc1cnc(Nc2ccnn2C)nc1-c1cc2n(c1)C[C@H](C)N(Cc1ccc(F)c(C)n1)C2=O. The first-order valence-corrected chi connectivity index (χ1v) is 11.0. The Bertz CT molecular complexity index is 1390. The van der Waals surface area contributed by atoms with Crippen LogP contribution in [0.1, 0.15) is 34.4 Å². The van der Waals surface area contributed by atoms with Gasteiger partial charge < -0.3 is 14.8 Å². The van der Waals surface area contributed by atoms with E-state index in [4.69, 9.17) is 4.98 Å². The summed E-state index contributed by atoms with van der Waals surface area (Å²) in [5.41, 5.74) is 4.09. The molecular formula is C24H25FN8O. The van der Waals surface area contributed by atoms with E-state index in [1.165, 1.54) is 6.07 Å². The second-order valence-electron chi connectivity index (χ2n) is 8.61. The molecule has 0 aromatic carbocycles. The quantitative estimate of drug-likeness (QED) is 0.489. The number of pyridine rings is 1. The van der Waals surface area contributed by atoms with Crippen molar-refractivity contribution in [2.75, 3.05) is 5.32 Å². The van der Waals surface area contributed by atoms with Gasteiger partial charge in [-0.05, 0) is 44.5 Å². The normalized spacial score (nSPS) is 15.5. The van der Waals surface area contributed by atoms with Crippen LogP contribution in [-0.4, -0.2) is 46.1 Å². The lowest BCUT2D eigenvalue weighted by Gasteiger charge is -2.34. The van der Waals surface area contributed by atoms with E-state index in [0.717, 1.165) is 22.6 Å². The molecule has 0 radical (unpaired) electrons. The number of hydrogen-bond acceptors (Lipinski definition) is 6. The maximum atomic E-state index is 13.6. The molecule has 4 aromatic rings. The first-order chi connectivity index (χ1) is 16.3. The maximum absolute atomic E-state index is 13.6. The molecule has 0 saturated heterocycles. The van der Waals surface area contributed by atoms with E-state index in [1.807, 2.05) is 43.8 Å². The summed E-state index contributed by atoms with van der Waals surface area (Å²) in [4.78, 5) is 28.5. The molecule has 1 aliphatic heterocycles. The fraction of sp³-hybridized carbons (Fsp3) is 0.292. The molecule has 1 atom stereocenters. The van der Waals surface area contributed by atoms with Gasteiger partial charge >= 0.3 is 0 Å². The number of carbonyl (C=O) groups excluding carboxylic acids is 1. The third kappa shape index (κ3) is 3.91. The van der Waals surface area contributed by atoms with Crippen LogP contribution in [0, 0.1) is 19.7 Å². The highest BCUT2D eigenvalue weighted by Gasteiger charge is 2.31. The summed E-state index contributed by atoms with van der Waals surface area (Å²) < 4.78 is 17.3. The molecule has 0 fully saturated rings. The summed E-state index contributed by atoms with van der Waals surface area (Å²) in [6.07, 6.45) is 5.42. The second-order valence-corrected chi connectivity index (χ2v) is 8.61. The molecule has 10 heteroatoms. The molecule has 0 spiro atoms. The number of rotatable bonds is 5. The topological polar surface area (TPSA) is 93.8 Å². The van der Waals surface area contributed by atoms with Gasteiger partial charge in [0.15, 0.2) is 0 Å². The minimum Gasteiger partial charge on any atom is -0.341 e. The number of carbonyl (C=O) groups is 1. The minimum absolute atomic E-state index is 0.0408. The van der Waals surface area contributed by atoms with Crippen LogP contribution < -0.4 is 5.32 Å². The van der Waals surface area contributed by atoms with Gasteiger partial charge in [0.2, 0.25) is 5.95 Å². The molecule has 34 heavy (non-hydrogen) atoms. The Kier molecular flexibility index (Phi) is 5.35. The summed E-state index contributed by atoms with van der Waals surface area (Å²) in [7, 11) is 1.83. The zero-order valence-corrected chi connectivity index (χ0v) is 19.4. The highest BCUT2D eigenvalue weighted by Crippen LogP contribution is 2.29. The third-order valence-corrected chi connectivity index (χ3v) is 6.09. The predicted octanol–water partition coefficient (Wildman–Crippen LogP) is 3.62. The number of aromatic nitrogens is 6. The van der Waals surface area contributed by atoms with E-state index in [-0.39, 0.29) is 17.8 Å². The molecule has 174 valence electrons. The molecule has 5 heterocycles. The zero-order chi connectivity index (χ0) is 24.0. The third-order valence-electron chi connectivity index (χ3n) is 6.09. The van der Waals surface area contributed by atoms with Gasteiger partial charge in [-0.25, -0.2) is 14.4 Å². The van der Waals surface area contributed by atoms with Gasteiger partial charge in [-0.2, -0.15) is 5.10 Å². The van der Waals surface area contributed by atoms with E-state index in [1.54, 1.807) is 35.0 Å². The number of amides is 1. The first kappa shape index (κ1) is 21.7. The Balaban J connectivity index is 1.43. The Labute approximate surface area is 196 Å². The molecule has 5 rings (SSSR count). The molecule has 4 aromatic heterocycles. The van der Waals surface area contributed by atoms with Gasteiger partial charge in [0.05, 0.1) is 29.8 Å². The van der Waals surface area contributed by atoms with E-state index < -0.39 is 0 Å². The Morgan fingerprint density at radius 3 is 2.76 bits per heavy atom. The number of nitrogens with zero attached hydrogens (tertiary/aromatic N) is 7. The Hall–Kier alpha value is -4.08. The van der Waals surface area contributed by atoms with Crippen LogP contribution in [0.3, 0.4) is 0 Å². The average molecular weight is 461 g/mol. The molecule has 0 unspecified atom stereocenters. The first-order valence-electron chi connectivity index (χ1n) is 11.0. The lowest BCUT2D eigenvalue weighted by molar-refractivity contribution is 0.0592. The molecule has 0 aliphatic carbocycles. The van der Waals surface area contributed by atoms with Crippen LogP contribution in [0.4, 0.5) is 16.2 Å². The van der Waals surface area contributed by atoms with Gasteiger partial charge in [-0.1, -0.05) is 0 Å². The van der Waals surface area contributed by atoms with Gasteiger partial charge in [-0.15, -0.1) is 0 Å². The molecule has 0 saturated carbocycles. The van der Waals surface area contributed by atoms with Crippen molar-refractivity contribution < 1.29 is 9.18 Å². The van der Waals surface area contributed by atoms with Crippen molar-refractivity contribution in [3.05, 3.63) is 71.3 Å². The number of hydrogen-bond donors (Lipinski definition) is 1. The Morgan fingerprint density at radius 2 is 2.03 bits per heavy atom. The standard InChI is InChI=1S/C24H25FN8O/c1-14-10-26-24(29-21-7-8-27-31(21)4)30-22(14)17-9-20-23(34)33(15(2)11-32(20)12-17)13-18-5-6-19(25)16(3)28-18/h5-10,12,15H,11,13H2,1-4H3,(H,26,29,30)/t15-/m0/s1. The summed E-state index contributed by atoms with van der Waals surface area (Å²) in [6, 6.07) is 6.69. The highest BCUT2D eigenvalue weighted by atomic mass is 19.1. The van der Waals surface area contributed by atoms with Crippen molar-refractivity contribution in [1.29, 1.82) is 0 Å². The number of halogens is 1. The van der Waals surface area contributed by atoms with Crippen LogP contribution in [0.15, 0.2) is 42.9 Å². The van der Waals surface area contributed by atoms with Gasteiger partial charge in [0.25, 0.3) is 5.91 Å². The van der Waals surface area contributed by atoms with Gasteiger partial charge in [0, 0.05) is 43.7 Å². The van der Waals surface area contributed by atoms with Crippen LogP contribution in [-0.2, 0) is 20.1 Å². The van der Waals surface area contributed by atoms with E-state index in [9.17, 15) is 9.18 Å². The van der Waals surface area contributed by atoms with Gasteiger partial charge in [-0.3, -0.25) is 14.5 Å². The molecule has 1 amide bonds. The van der Waals surface area contributed by atoms with Crippen LogP contribution in [0.2, 0.25) is 0 Å². The monoisotopic (exact) mass is 460 g/mol. The fourth-order valence-electron chi connectivity index (χ4n) is 4.19. The van der Waals surface area contributed by atoms with Gasteiger partial charge in [0.1, 0.15) is 17.3 Å². The lowest BCUT2D eigenvalue weighted by atomic mass is 10.1. The Morgan fingerprint density at radius 1 is 1.21 bits per heavy atom. The van der Waals surface area contributed by atoms with Crippen LogP contribution in [0.25, 0.3) is 11.3 Å². The predicted molar refractivity (Wildman–Crippen MR) is 125 cm³/mol. The summed E-state index contributed by atoms with van der Waals surface area (Å²) >= 11 is 0. The molecular weight excluding hydrogens is 435 g/mol. The van der Waals surface area contributed by atoms with Crippen molar-refractivity contribution >= 4 is 17.7 Å². The number of fused-ring (bicyclic) bond motifs is 1. The highest BCUT2D eigenvalue weighted by molar-refractivity contribution is 5.95. The second kappa shape index (κ2) is 8.36. The van der Waals surface area contributed by atoms with Crippen LogP contribution >= 0.6 is 0 Å². The summed E-state index contributed by atoms with van der Waals surface area (Å²) in [5.74, 6) is 0.786. The van der Waals surface area contributed by atoms with E-state index in [0.29, 0.717) is 36.1 Å². The van der Waals surface area contributed by atoms with E-state index >= 15 is 0 Å². The molecule has 1 aliphatic rings. The molecule has 1 N–H and O–H groups in total. The number of anilines is 2. The van der Waals surface area contributed by atoms with Crippen molar-refractivity contribution in [1.82, 2.24) is 34.2 Å². The lowest BCUT2D eigenvalue weighted by Crippen LogP contribution is -2.45. The fourth-order valence-corrected chi connectivity index (χ4v) is 4.19. The molecule has 9 nitrogen and oxygen atoms in total. The van der Waals surface area contributed by atoms with Crippen molar-refractivity contribution in [2.45, 2.75) is 39.9 Å². The summed E-state index contributed by atoms with van der Waals surface area (Å²) in [6.45, 7) is 6.54. The van der Waals surface area contributed by atoms with Crippen molar-refractivity contribution in [2.24, 2.45) is 7.05 Å². The smallest absolute Gasteiger partial charge is 0.271 e. The maximum Gasteiger partial charge on any atom is 0.271 e. The number of aryl methyl sites for hydroxylation is 3. The van der Waals surface area contributed by atoms with Crippen LogP contribution in [0.5, 0.6) is 0 Å². The van der Waals surface area contributed by atoms with Crippen molar-refractivity contribution in [3.63, 3.8) is 0 Å². The summed E-state index contributed by atoms with van der Waals surface area (Å²) in [5, 5.41) is 7.32. The molecule has 0 bridgehead atoms.